The molecule has 28 heavy (non-hydrogen) atoms. The molecular formula is C20H25F4NO3. The first kappa shape index (κ1) is 22.2. The smallest absolute Gasteiger partial charge is 0.419 e. The van der Waals surface area contributed by atoms with Gasteiger partial charge in [-0.2, -0.15) is 13.2 Å². The van der Waals surface area contributed by atoms with Crippen molar-refractivity contribution in [3.8, 4) is 0 Å². The molecule has 1 heterocycles. The highest BCUT2D eigenvalue weighted by Gasteiger charge is 2.39. The zero-order valence-corrected chi connectivity index (χ0v) is 15.9. The third-order valence-corrected chi connectivity index (χ3v) is 4.81. The molecule has 1 atom stereocenters. The van der Waals surface area contributed by atoms with Crippen molar-refractivity contribution in [3.05, 3.63) is 35.1 Å². The summed E-state index contributed by atoms with van der Waals surface area (Å²) in [5, 5.41) is 0. The van der Waals surface area contributed by atoms with E-state index < -0.39 is 41.0 Å². The predicted molar refractivity (Wildman–Crippen MR) is 95.2 cm³/mol. The molecule has 4 nitrogen and oxygen atoms in total. The molecule has 0 bridgehead atoms. The maximum Gasteiger partial charge on any atom is 0.419 e. The summed E-state index contributed by atoms with van der Waals surface area (Å²) in [4.78, 5) is 26.0. The lowest BCUT2D eigenvalue weighted by Gasteiger charge is -2.24. The summed E-state index contributed by atoms with van der Waals surface area (Å²) >= 11 is 0. The standard InChI is InChI=1S/C20H25F4NO3/c1-2-3-4-5-6-13-28-19(27)16-11-8-12-25(16)18(26)14-9-7-10-15(17(14)21)20(22,23)24/h7,9-10,16H,2-6,8,11-13H2,1H3. The lowest BCUT2D eigenvalue weighted by atomic mass is 10.1. The largest absolute Gasteiger partial charge is 0.464 e. The first-order valence-electron chi connectivity index (χ1n) is 9.60. The van der Waals surface area contributed by atoms with Crippen molar-refractivity contribution in [2.75, 3.05) is 13.2 Å². The zero-order valence-electron chi connectivity index (χ0n) is 15.9. The minimum absolute atomic E-state index is 0.171. The van der Waals surface area contributed by atoms with Crippen LogP contribution in [0.3, 0.4) is 0 Å². The van der Waals surface area contributed by atoms with Gasteiger partial charge in [0.25, 0.3) is 5.91 Å². The van der Waals surface area contributed by atoms with Crippen molar-refractivity contribution in [1.82, 2.24) is 4.90 Å². The van der Waals surface area contributed by atoms with Crippen molar-refractivity contribution in [1.29, 1.82) is 0 Å². The molecule has 156 valence electrons. The second kappa shape index (κ2) is 9.89. The fourth-order valence-electron chi connectivity index (χ4n) is 3.30. The van der Waals surface area contributed by atoms with Gasteiger partial charge in [0.2, 0.25) is 0 Å². The summed E-state index contributed by atoms with van der Waals surface area (Å²) < 4.78 is 58.1. The number of rotatable bonds is 8. The van der Waals surface area contributed by atoms with Crippen LogP contribution < -0.4 is 0 Å². The molecule has 0 radical (unpaired) electrons. The van der Waals surface area contributed by atoms with Gasteiger partial charge in [-0.15, -0.1) is 0 Å². The highest BCUT2D eigenvalue weighted by atomic mass is 19.4. The Labute approximate surface area is 161 Å². The monoisotopic (exact) mass is 403 g/mol. The number of likely N-dealkylation sites (tertiary alicyclic amines) is 1. The molecular weight excluding hydrogens is 378 g/mol. The highest BCUT2D eigenvalue weighted by Crippen LogP contribution is 2.33. The van der Waals surface area contributed by atoms with Crippen LogP contribution in [0.1, 0.15) is 67.8 Å². The lowest BCUT2D eigenvalue weighted by Crippen LogP contribution is -2.42. The van der Waals surface area contributed by atoms with Crippen molar-refractivity contribution >= 4 is 11.9 Å². The van der Waals surface area contributed by atoms with Crippen LogP contribution in [0.15, 0.2) is 18.2 Å². The van der Waals surface area contributed by atoms with E-state index in [1.165, 1.54) is 0 Å². The Hall–Kier alpha value is -2.12. The minimum Gasteiger partial charge on any atom is -0.464 e. The van der Waals surface area contributed by atoms with Crippen molar-refractivity contribution in [3.63, 3.8) is 0 Å². The summed E-state index contributed by atoms with van der Waals surface area (Å²) in [7, 11) is 0. The van der Waals surface area contributed by atoms with E-state index in [9.17, 15) is 27.2 Å². The number of benzene rings is 1. The molecule has 0 aliphatic carbocycles. The van der Waals surface area contributed by atoms with Gasteiger partial charge in [0.15, 0.2) is 0 Å². The van der Waals surface area contributed by atoms with E-state index in [2.05, 4.69) is 6.92 Å². The van der Waals surface area contributed by atoms with Crippen LogP contribution in [0.5, 0.6) is 0 Å². The van der Waals surface area contributed by atoms with Gasteiger partial charge in [-0.1, -0.05) is 38.7 Å². The van der Waals surface area contributed by atoms with E-state index in [1.54, 1.807) is 0 Å². The molecule has 0 spiro atoms. The first-order valence-corrected chi connectivity index (χ1v) is 9.60. The average molecular weight is 403 g/mol. The molecule has 1 aromatic carbocycles. The number of alkyl halides is 3. The average Bonchev–Trinajstić information content (AvgIpc) is 3.13. The van der Waals surface area contributed by atoms with E-state index in [0.717, 1.165) is 42.7 Å². The fraction of sp³-hybridized carbons (Fsp3) is 0.600. The Morgan fingerprint density at radius 3 is 2.57 bits per heavy atom. The summed E-state index contributed by atoms with van der Waals surface area (Å²) in [6.45, 7) is 2.50. The van der Waals surface area contributed by atoms with E-state index >= 15 is 0 Å². The summed E-state index contributed by atoms with van der Waals surface area (Å²) in [6, 6.07) is 1.68. The minimum atomic E-state index is -4.90. The summed E-state index contributed by atoms with van der Waals surface area (Å²) in [6.07, 6.45) is 0.868. The molecule has 0 aromatic heterocycles. The number of carbonyl (C=O) groups excluding carboxylic acids is 2. The number of hydrogen-bond donors (Lipinski definition) is 0. The number of amides is 1. The highest BCUT2D eigenvalue weighted by molar-refractivity contribution is 5.97. The van der Waals surface area contributed by atoms with Crippen LogP contribution >= 0.6 is 0 Å². The van der Waals surface area contributed by atoms with Crippen LogP contribution in [-0.2, 0) is 15.7 Å². The number of hydrogen-bond acceptors (Lipinski definition) is 3. The van der Waals surface area contributed by atoms with Gasteiger partial charge in [-0.3, -0.25) is 4.79 Å². The maximum absolute atomic E-state index is 14.3. The Bertz CT molecular complexity index is 691. The molecule has 0 N–H and O–H groups in total. The third kappa shape index (κ3) is 5.45. The summed E-state index contributed by atoms with van der Waals surface area (Å²) in [5.74, 6) is -3.13. The van der Waals surface area contributed by atoms with Crippen LogP contribution in [0, 0.1) is 5.82 Å². The molecule has 1 aromatic rings. The second-order valence-electron chi connectivity index (χ2n) is 6.90. The lowest BCUT2D eigenvalue weighted by molar-refractivity contribution is -0.148. The van der Waals surface area contributed by atoms with Crippen molar-refractivity contribution in [2.24, 2.45) is 0 Å². The predicted octanol–water partition coefficient (Wildman–Crippen LogP) is 4.96. The number of nitrogens with zero attached hydrogens (tertiary/aromatic N) is 1. The Kier molecular flexibility index (Phi) is 7.83. The Balaban J connectivity index is 2.02. The van der Waals surface area contributed by atoms with Crippen molar-refractivity contribution < 1.29 is 31.9 Å². The molecule has 8 heteroatoms. The van der Waals surface area contributed by atoms with Gasteiger partial charge in [-0.05, 0) is 31.4 Å². The molecule has 1 saturated heterocycles. The summed E-state index contributed by atoms with van der Waals surface area (Å²) in [5.41, 5.74) is -2.18. The Morgan fingerprint density at radius 2 is 1.89 bits per heavy atom. The van der Waals surface area contributed by atoms with E-state index in [-0.39, 0.29) is 13.2 Å². The number of carbonyl (C=O) groups is 2. The van der Waals surface area contributed by atoms with Crippen molar-refractivity contribution in [2.45, 2.75) is 64.1 Å². The zero-order chi connectivity index (χ0) is 20.7. The number of esters is 1. The second-order valence-corrected chi connectivity index (χ2v) is 6.90. The SMILES string of the molecule is CCCCCCCOC(=O)C1CCCN1C(=O)c1cccc(C(F)(F)F)c1F. The molecule has 0 saturated carbocycles. The van der Waals surface area contributed by atoms with Gasteiger partial charge < -0.3 is 9.64 Å². The van der Waals surface area contributed by atoms with Gasteiger partial charge in [-0.25, -0.2) is 9.18 Å². The van der Waals surface area contributed by atoms with Crippen LogP contribution in [0.2, 0.25) is 0 Å². The Morgan fingerprint density at radius 1 is 1.18 bits per heavy atom. The number of ether oxygens (including phenoxy) is 1. The topological polar surface area (TPSA) is 46.6 Å². The van der Waals surface area contributed by atoms with Crippen LogP contribution in [0.4, 0.5) is 17.6 Å². The van der Waals surface area contributed by atoms with Crippen LogP contribution in [0.25, 0.3) is 0 Å². The van der Waals surface area contributed by atoms with E-state index in [1.807, 2.05) is 0 Å². The van der Waals surface area contributed by atoms with E-state index in [4.69, 9.17) is 4.74 Å². The first-order chi connectivity index (χ1) is 13.3. The number of halogens is 4. The van der Waals surface area contributed by atoms with Gasteiger partial charge in [0, 0.05) is 6.54 Å². The third-order valence-electron chi connectivity index (χ3n) is 4.81. The molecule has 1 aliphatic rings. The molecule has 1 amide bonds. The van der Waals surface area contributed by atoms with Gasteiger partial charge >= 0.3 is 12.1 Å². The fourth-order valence-corrected chi connectivity index (χ4v) is 3.30. The normalized spacial score (nSPS) is 17.0. The molecule has 1 fully saturated rings. The molecule has 1 aliphatic heterocycles. The van der Waals surface area contributed by atoms with E-state index in [0.29, 0.717) is 25.3 Å². The van der Waals surface area contributed by atoms with Crippen LogP contribution in [-0.4, -0.2) is 36.0 Å². The number of unbranched alkanes of at least 4 members (excludes halogenated alkanes) is 4. The molecule has 2 rings (SSSR count). The maximum atomic E-state index is 14.3. The van der Waals surface area contributed by atoms with Gasteiger partial charge in [0.05, 0.1) is 17.7 Å². The molecule has 1 unspecified atom stereocenters. The van der Waals surface area contributed by atoms with Gasteiger partial charge in [0.1, 0.15) is 11.9 Å². The quantitative estimate of drug-likeness (QED) is 0.350.